The van der Waals surface area contributed by atoms with Gasteiger partial charge in [0.15, 0.2) is 0 Å². The summed E-state index contributed by atoms with van der Waals surface area (Å²) in [5.41, 5.74) is 0. The molecule has 2 atom stereocenters. The van der Waals surface area contributed by atoms with Crippen molar-refractivity contribution in [2.45, 2.75) is 57.5 Å². The van der Waals surface area contributed by atoms with Gasteiger partial charge < -0.3 is 9.74 Å². The van der Waals surface area contributed by atoms with Gasteiger partial charge in [-0.2, -0.15) is 5.06 Å². The van der Waals surface area contributed by atoms with Crippen LogP contribution < -0.4 is 0 Å². The molecule has 0 saturated carbocycles. The van der Waals surface area contributed by atoms with Gasteiger partial charge in [-0.25, -0.2) is 9.59 Å². The minimum Gasteiger partial charge on any atom is -0.328 e. The number of carbonyl (C=O) groups is 4. The van der Waals surface area contributed by atoms with E-state index in [2.05, 4.69) is 0 Å². The second kappa shape index (κ2) is 6.76. The van der Waals surface area contributed by atoms with Crippen molar-refractivity contribution >= 4 is 23.8 Å². The van der Waals surface area contributed by atoms with Gasteiger partial charge in [0.25, 0.3) is 11.8 Å². The molecular weight excluding hydrogens is 318 g/mol. The molecular formula is C15H21N3O6. The fraction of sp³-hybridized carbons (Fsp3) is 0.733. The van der Waals surface area contributed by atoms with Crippen molar-refractivity contribution in [2.24, 2.45) is 0 Å². The van der Waals surface area contributed by atoms with Crippen LogP contribution >= 0.6 is 0 Å². The van der Waals surface area contributed by atoms with E-state index in [4.69, 9.17) is 9.68 Å². The van der Waals surface area contributed by atoms with Crippen LogP contribution in [0.2, 0.25) is 0 Å². The molecule has 0 spiro atoms. The zero-order chi connectivity index (χ0) is 17.3. The Labute approximate surface area is 139 Å². The Bertz CT molecular complexity index is 549. The maximum atomic E-state index is 12.4. The summed E-state index contributed by atoms with van der Waals surface area (Å²) in [5.74, 6) is -1.81. The summed E-state index contributed by atoms with van der Waals surface area (Å²) in [7, 11) is 0. The number of rotatable bonds is 6. The van der Waals surface area contributed by atoms with Gasteiger partial charge in [0.2, 0.25) is 0 Å². The van der Waals surface area contributed by atoms with Crippen molar-refractivity contribution in [3.8, 4) is 0 Å². The first kappa shape index (κ1) is 16.7. The van der Waals surface area contributed by atoms with Gasteiger partial charge in [0.1, 0.15) is 6.04 Å². The van der Waals surface area contributed by atoms with Crippen LogP contribution in [0.25, 0.3) is 0 Å². The topological polar surface area (TPSA) is 96.5 Å². The zero-order valence-electron chi connectivity index (χ0n) is 13.6. The van der Waals surface area contributed by atoms with Crippen LogP contribution in [0.3, 0.4) is 0 Å². The average Bonchev–Trinajstić information content (AvgIpc) is 3.01. The Kier molecular flexibility index (Phi) is 4.70. The van der Waals surface area contributed by atoms with Crippen LogP contribution in [0.4, 0.5) is 4.79 Å². The Hall–Kier alpha value is -2.16. The normalized spacial score (nSPS) is 26.5. The molecule has 3 aliphatic heterocycles. The average molecular weight is 339 g/mol. The zero-order valence-corrected chi connectivity index (χ0v) is 13.6. The van der Waals surface area contributed by atoms with E-state index in [1.165, 1.54) is 9.96 Å². The van der Waals surface area contributed by atoms with Crippen LogP contribution in [-0.2, 0) is 24.1 Å². The molecule has 3 fully saturated rings. The first-order chi connectivity index (χ1) is 11.5. The Morgan fingerprint density at radius 3 is 2.54 bits per heavy atom. The molecule has 2 bridgehead atoms. The first-order valence-corrected chi connectivity index (χ1v) is 8.33. The summed E-state index contributed by atoms with van der Waals surface area (Å²) in [4.78, 5) is 59.7. The van der Waals surface area contributed by atoms with Gasteiger partial charge in [-0.15, -0.1) is 5.06 Å². The predicted molar refractivity (Wildman–Crippen MR) is 78.8 cm³/mol. The van der Waals surface area contributed by atoms with Crippen molar-refractivity contribution in [3.05, 3.63) is 0 Å². The van der Waals surface area contributed by atoms with Gasteiger partial charge in [-0.1, -0.05) is 13.3 Å². The SMILES string of the molecule is CCCCON1C(=O)N2C[C@H]1CC[C@H]2C(=O)ON1C(=O)CCC1=O. The van der Waals surface area contributed by atoms with E-state index in [0.717, 1.165) is 12.8 Å². The Morgan fingerprint density at radius 2 is 1.88 bits per heavy atom. The molecule has 0 radical (unpaired) electrons. The molecule has 9 heteroatoms. The van der Waals surface area contributed by atoms with Crippen molar-refractivity contribution in [3.63, 3.8) is 0 Å². The fourth-order valence-electron chi connectivity index (χ4n) is 3.16. The van der Waals surface area contributed by atoms with Crippen molar-refractivity contribution in [1.82, 2.24) is 15.0 Å². The fourth-order valence-corrected chi connectivity index (χ4v) is 3.16. The molecule has 3 heterocycles. The van der Waals surface area contributed by atoms with Crippen molar-refractivity contribution in [2.75, 3.05) is 13.2 Å². The maximum absolute atomic E-state index is 12.4. The molecule has 9 nitrogen and oxygen atoms in total. The van der Waals surface area contributed by atoms with E-state index in [0.29, 0.717) is 31.1 Å². The van der Waals surface area contributed by atoms with E-state index >= 15 is 0 Å². The predicted octanol–water partition coefficient (Wildman–Crippen LogP) is 0.594. The molecule has 0 aromatic carbocycles. The summed E-state index contributed by atoms with van der Waals surface area (Å²) in [6, 6.07) is -1.24. The Morgan fingerprint density at radius 1 is 1.17 bits per heavy atom. The highest BCUT2D eigenvalue weighted by Crippen LogP contribution is 2.31. The summed E-state index contributed by atoms with van der Waals surface area (Å²) in [6.45, 7) is 2.87. The lowest BCUT2D eigenvalue weighted by molar-refractivity contribution is -0.201. The lowest BCUT2D eigenvalue weighted by Gasteiger charge is -2.29. The molecule has 4 amide bonds. The number of hydrogen-bond acceptors (Lipinski definition) is 6. The number of piperidine rings is 1. The number of unbranched alkanes of at least 4 members (excludes halogenated alkanes) is 1. The lowest BCUT2D eigenvalue weighted by Crippen LogP contribution is -2.48. The lowest BCUT2D eigenvalue weighted by atomic mass is 10.0. The van der Waals surface area contributed by atoms with Crippen LogP contribution in [0.5, 0.6) is 0 Å². The number of urea groups is 1. The number of hydroxylamine groups is 4. The van der Waals surface area contributed by atoms with Crippen LogP contribution in [0.15, 0.2) is 0 Å². The van der Waals surface area contributed by atoms with Crippen LogP contribution in [-0.4, -0.2) is 64.1 Å². The molecule has 3 aliphatic rings. The Balaban J connectivity index is 1.62. The highest BCUT2D eigenvalue weighted by atomic mass is 16.7. The summed E-state index contributed by atoms with van der Waals surface area (Å²) < 4.78 is 0. The maximum Gasteiger partial charge on any atom is 0.355 e. The molecule has 24 heavy (non-hydrogen) atoms. The highest BCUT2D eigenvalue weighted by Gasteiger charge is 2.49. The van der Waals surface area contributed by atoms with Gasteiger partial charge >= 0.3 is 12.0 Å². The molecule has 3 rings (SSSR count). The summed E-state index contributed by atoms with van der Waals surface area (Å²) >= 11 is 0. The van der Waals surface area contributed by atoms with E-state index in [1.54, 1.807) is 0 Å². The monoisotopic (exact) mass is 339 g/mol. The first-order valence-electron chi connectivity index (χ1n) is 8.33. The molecule has 0 N–H and O–H groups in total. The molecule has 0 aromatic heterocycles. The summed E-state index contributed by atoms with van der Waals surface area (Å²) in [5, 5.41) is 1.86. The molecule has 0 aromatic rings. The quantitative estimate of drug-likeness (QED) is 0.519. The smallest absolute Gasteiger partial charge is 0.328 e. The standard InChI is InChI=1S/C15H21N3O6/c1-2-3-8-23-17-10-4-5-11(16(9-10)15(17)22)14(21)24-18-12(19)6-7-13(18)20/h10-11H,2-9H2,1H3/t10-,11+/m1/s1. The number of carbonyl (C=O) groups excluding carboxylic acids is 4. The van der Waals surface area contributed by atoms with E-state index < -0.39 is 23.8 Å². The van der Waals surface area contributed by atoms with Crippen molar-refractivity contribution < 1.29 is 28.9 Å². The van der Waals surface area contributed by atoms with Gasteiger partial charge in [-0.05, 0) is 19.3 Å². The second-order valence-electron chi connectivity index (χ2n) is 6.19. The van der Waals surface area contributed by atoms with Gasteiger partial charge in [0, 0.05) is 19.4 Å². The van der Waals surface area contributed by atoms with E-state index in [9.17, 15) is 19.2 Å². The highest BCUT2D eigenvalue weighted by molar-refractivity contribution is 6.02. The largest absolute Gasteiger partial charge is 0.355 e. The third-order valence-electron chi connectivity index (χ3n) is 4.51. The van der Waals surface area contributed by atoms with Crippen molar-refractivity contribution in [1.29, 1.82) is 0 Å². The van der Waals surface area contributed by atoms with Gasteiger partial charge in [-0.3, -0.25) is 14.4 Å². The number of hydrogen-bond donors (Lipinski definition) is 0. The minimum absolute atomic E-state index is 0.0422. The van der Waals surface area contributed by atoms with Crippen LogP contribution in [0.1, 0.15) is 45.4 Å². The number of fused-ring (bicyclic) bond motifs is 2. The van der Waals surface area contributed by atoms with E-state index in [-0.39, 0.29) is 24.9 Å². The third-order valence-corrected chi connectivity index (χ3v) is 4.51. The molecule has 132 valence electrons. The van der Waals surface area contributed by atoms with Crippen LogP contribution in [0, 0.1) is 0 Å². The molecule has 0 aliphatic carbocycles. The van der Waals surface area contributed by atoms with E-state index in [1.807, 2.05) is 6.92 Å². The molecule has 3 saturated heterocycles. The minimum atomic E-state index is -0.797. The number of amides is 4. The third kappa shape index (κ3) is 2.95. The second-order valence-corrected chi connectivity index (χ2v) is 6.19. The number of nitrogens with zero attached hydrogens (tertiary/aromatic N) is 3. The number of imide groups is 1. The van der Waals surface area contributed by atoms with Gasteiger partial charge in [0.05, 0.1) is 12.6 Å². The summed E-state index contributed by atoms with van der Waals surface area (Å²) in [6.07, 6.45) is 2.92. The molecule has 0 unspecified atom stereocenters.